The van der Waals surface area contributed by atoms with Gasteiger partial charge in [0.15, 0.2) is 0 Å². The Labute approximate surface area is 122 Å². The molecule has 2 unspecified atom stereocenters. The van der Waals surface area contributed by atoms with Crippen molar-refractivity contribution < 1.29 is 9.53 Å². The summed E-state index contributed by atoms with van der Waals surface area (Å²) in [6.45, 7) is 3.35. The molecule has 0 spiro atoms. The molecule has 20 heavy (non-hydrogen) atoms. The number of rotatable bonds is 4. The maximum Gasteiger partial charge on any atom is 0.225 e. The molecule has 1 amide bonds. The van der Waals surface area contributed by atoms with E-state index in [2.05, 4.69) is 41.9 Å². The second kappa shape index (κ2) is 5.94. The number of thiophene rings is 1. The summed E-state index contributed by atoms with van der Waals surface area (Å²) in [6.07, 6.45) is 1.73. The zero-order valence-corrected chi connectivity index (χ0v) is 12.4. The van der Waals surface area contributed by atoms with E-state index in [1.165, 1.54) is 15.6 Å². The molecule has 3 rings (SSSR count). The average molecular weight is 289 g/mol. The smallest absolute Gasteiger partial charge is 0.225 e. The minimum Gasteiger partial charge on any atom is -0.381 e. The molecule has 0 saturated carbocycles. The third kappa shape index (κ3) is 2.86. The topological polar surface area (TPSA) is 38.3 Å². The second-order valence-corrected chi connectivity index (χ2v) is 6.34. The number of carbonyl (C=O) groups is 1. The van der Waals surface area contributed by atoms with Gasteiger partial charge in [-0.2, -0.15) is 0 Å². The van der Waals surface area contributed by atoms with Gasteiger partial charge in [0, 0.05) is 17.3 Å². The lowest BCUT2D eigenvalue weighted by Gasteiger charge is -2.16. The van der Waals surface area contributed by atoms with Crippen molar-refractivity contribution >= 4 is 27.3 Å². The summed E-state index contributed by atoms with van der Waals surface area (Å²) >= 11 is 1.77. The van der Waals surface area contributed by atoms with E-state index >= 15 is 0 Å². The normalized spacial score (nSPS) is 20.1. The Morgan fingerprint density at radius 3 is 3.15 bits per heavy atom. The molecule has 2 aromatic rings. The van der Waals surface area contributed by atoms with Crippen LogP contribution >= 0.6 is 11.3 Å². The SMILES string of the molecule is CC(Cc1csc2ccccc12)NC(=O)C1CCOC1. The fourth-order valence-corrected chi connectivity index (χ4v) is 3.65. The summed E-state index contributed by atoms with van der Waals surface area (Å²) < 4.78 is 6.57. The van der Waals surface area contributed by atoms with Gasteiger partial charge in [-0.3, -0.25) is 4.79 Å². The van der Waals surface area contributed by atoms with Crippen molar-refractivity contribution in [2.75, 3.05) is 13.2 Å². The minimum absolute atomic E-state index is 0.0386. The lowest BCUT2D eigenvalue weighted by Crippen LogP contribution is -2.38. The number of amides is 1. The maximum absolute atomic E-state index is 12.1. The molecule has 106 valence electrons. The second-order valence-electron chi connectivity index (χ2n) is 5.43. The van der Waals surface area contributed by atoms with Crippen molar-refractivity contribution in [2.24, 2.45) is 5.92 Å². The third-order valence-electron chi connectivity index (χ3n) is 3.78. The van der Waals surface area contributed by atoms with Crippen LogP contribution in [0, 0.1) is 5.92 Å². The molecule has 1 aromatic heterocycles. The Hall–Kier alpha value is -1.39. The van der Waals surface area contributed by atoms with Crippen LogP contribution in [0.5, 0.6) is 0 Å². The highest BCUT2D eigenvalue weighted by Gasteiger charge is 2.24. The zero-order valence-electron chi connectivity index (χ0n) is 11.6. The van der Waals surface area contributed by atoms with Crippen LogP contribution in [0.1, 0.15) is 18.9 Å². The van der Waals surface area contributed by atoms with Crippen LogP contribution in [0.2, 0.25) is 0 Å². The fraction of sp³-hybridized carbons (Fsp3) is 0.438. The first kappa shape index (κ1) is 13.6. The fourth-order valence-electron chi connectivity index (χ4n) is 2.67. The van der Waals surface area contributed by atoms with Gasteiger partial charge >= 0.3 is 0 Å². The van der Waals surface area contributed by atoms with Crippen LogP contribution in [0.15, 0.2) is 29.6 Å². The largest absolute Gasteiger partial charge is 0.381 e. The van der Waals surface area contributed by atoms with Crippen LogP contribution < -0.4 is 5.32 Å². The van der Waals surface area contributed by atoms with Gasteiger partial charge in [0.1, 0.15) is 0 Å². The standard InChI is InChI=1S/C16H19NO2S/c1-11(17-16(18)12-6-7-19-9-12)8-13-10-20-15-5-3-2-4-14(13)15/h2-5,10-12H,6-9H2,1H3,(H,17,18). The van der Waals surface area contributed by atoms with Crippen molar-refractivity contribution in [3.05, 3.63) is 35.2 Å². The Morgan fingerprint density at radius 1 is 1.50 bits per heavy atom. The van der Waals surface area contributed by atoms with E-state index in [4.69, 9.17) is 4.74 Å². The number of hydrogen-bond acceptors (Lipinski definition) is 3. The molecule has 0 bridgehead atoms. The molecule has 4 heteroatoms. The molecular formula is C16H19NO2S. The first-order valence-electron chi connectivity index (χ1n) is 7.07. The summed E-state index contributed by atoms with van der Waals surface area (Å²) in [6, 6.07) is 8.58. The van der Waals surface area contributed by atoms with Crippen LogP contribution in [0.3, 0.4) is 0 Å². The highest BCUT2D eigenvalue weighted by Crippen LogP contribution is 2.26. The number of benzene rings is 1. The van der Waals surface area contributed by atoms with E-state index in [1.807, 2.05) is 0 Å². The third-order valence-corrected chi connectivity index (χ3v) is 4.79. The van der Waals surface area contributed by atoms with E-state index in [0.717, 1.165) is 12.8 Å². The number of hydrogen-bond donors (Lipinski definition) is 1. The molecule has 1 N–H and O–H groups in total. The minimum atomic E-state index is 0.0386. The van der Waals surface area contributed by atoms with Gasteiger partial charge in [-0.25, -0.2) is 0 Å². The maximum atomic E-state index is 12.1. The number of nitrogens with one attached hydrogen (secondary N) is 1. The number of fused-ring (bicyclic) bond motifs is 1. The Kier molecular flexibility index (Phi) is 4.03. The Balaban J connectivity index is 1.63. The quantitative estimate of drug-likeness (QED) is 0.939. The lowest BCUT2D eigenvalue weighted by atomic mass is 10.0. The van der Waals surface area contributed by atoms with Crippen LogP contribution in [0.25, 0.3) is 10.1 Å². The van der Waals surface area contributed by atoms with Gasteiger partial charge in [0.05, 0.1) is 12.5 Å². The summed E-state index contributed by atoms with van der Waals surface area (Å²) in [4.78, 5) is 12.1. The van der Waals surface area contributed by atoms with Crippen LogP contribution in [0.4, 0.5) is 0 Å². The molecule has 1 aromatic carbocycles. The number of ether oxygens (including phenoxy) is 1. The summed E-state index contributed by atoms with van der Waals surface area (Å²) in [7, 11) is 0. The predicted octanol–water partition coefficient (Wildman–Crippen LogP) is 2.99. The molecule has 1 saturated heterocycles. The van der Waals surface area contributed by atoms with E-state index in [9.17, 15) is 4.79 Å². The zero-order chi connectivity index (χ0) is 13.9. The highest BCUT2D eigenvalue weighted by molar-refractivity contribution is 7.17. The molecule has 1 aliphatic heterocycles. The molecule has 3 nitrogen and oxygen atoms in total. The van der Waals surface area contributed by atoms with Gasteiger partial charge in [0.25, 0.3) is 0 Å². The van der Waals surface area contributed by atoms with Gasteiger partial charge in [-0.1, -0.05) is 18.2 Å². The van der Waals surface area contributed by atoms with Crippen molar-refractivity contribution in [2.45, 2.75) is 25.8 Å². The first-order chi connectivity index (χ1) is 9.74. The molecule has 2 heterocycles. The van der Waals surface area contributed by atoms with Gasteiger partial charge in [-0.15, -0.1) is 11.3 Å². The van der Waals surface area contributed by atoms with Crippen LogP contribution in [-0.2, 0) is 16.0 Å². The van der Waals surface area contributed by atoms with Gasteiger partial charge in [-0.05, 0) is 42.2 Å². The Bertz CT molecular complexity index is 601. The van der Waals surface area contributed by atoms with Crippen molar-refractivity contribution in [3.63, 3.8) is 0 Å². The monoisotopic (exact) mass is 289 g/mol. The van der Waals surface area contributed by atoms with Crippen molar-refractivity contribution in [1.82, 2.24) is 5.32 Å². The van der Waals surface area contributed by atoms with E-state index in [1.54, 1.807) is 11.3 Å². The highest BCUT2D eigenvalue weighted by atomic mass is 32.1. The van der Waals surface area contributed by atoms with E-state index in [0.29, 0.717) is 13.2 Å². The molecule has 1 fully saturated rings. The number of carbonyl (C=O) groups excluding carboxylic acids is 1. The van der Waals surface area contributed by atoms with E-state index < -0.39 is 0 Å². The molecule has 0 aliphatic carbocycles. The summed E-state index contributed by atoms with van der Waals surface area (Å²) in [5, 5.41) is 6.62. The van der Waals surface area contributed by atoms with Gasteiger partial charge in [0.2, 0.25) is 5.91 Å². The summed E-state index contributed by atoms with van der Waals surface area (Å²) in [5.41, 5.74) is 1.32. The molecular weight excluding hydrogens is 270 g/mol. The van der Waals surface area contributed by atoms with E-state index in [-0.39, 0.29) is 17.9 Å². The average Bonchev–Trinajstić information content (AvgIpc) is 3.09. The lowest BCUT2D eigenvalue weighted by molar-refractivity contribution is -0.125. The predicted molar refractivity (Wildman–Crippen MR) is 82.1 cm³/mol. The Morgan fingerprint density at radius 2 is 2.35 bits per heavy atom. The van der Waals surface area contributed by atoms with Crippen molar-refractivity contribution in [3.8, 4) is 0 Å². The summed E-state index contributed by atoms with van der Waals surface area (Å²) in [5.74, 6) is 0.172. The molecule has 0 radical (unpaired) electrons. The van der Waals surface area contributed by atoms with Gasteiger partial charge < -0.3 is 10.1 Å². The van der Waals surface area contributed by atoms with Crippen LogP contribution in [-0.4, -0.2) is 25.2 Å². The molecule has 1 aliphatic rings. The first-order valence-corrected chi connectivity index (χ1v) is 7.95. The van der Waals surface area contributed by atoms with Crippen molar-refractivity contribution in [1.29, 1.82) is 0 Å². The molecule has 2 atom stereocenters.